The lowest BCUT2D eigenvalue weighted by molar-refractivity contribution is 0.303. The van der Waals surface area contributed by atoms with Gasteiger partial charge in [-0.25, -0.2) is 4.98 Å². The monoisotopic (exact) mass is 372 g/mol. The second kappa shape index (κ2) is 8.61. The maximum absolute atomic E-state index is 5.87. The van der Waals surface area contributed by atoms with Crippen molar-refractivity contribution in [3.63, 3.8) is 0 Å². The van der Waals surface area contributed by atoms with Crippen LogP contribution in [0.2, 0.25) is 0 Å². The Hall–Kier alpha value is -3.27. The molecule has 2 aromatic heterocycles. The molecule has 0 spiro atoms. The van der Waals surface area contributed by atoms with E-state index in [2.05, 4.69) is 41.8 Å². The molecule has 4 aromatic rings. The van der Waals surface area contributed by atoms with E-state index < -0.39 is 0 Å². The van der Waals surface area contributed by atoms with Crippen molar-refractivity contribution in [1.29, 1.82) is 0 Å². The third-order valence-electron chi connectivity index (χ3n) is 4.66. The predicted octanol–water partition coefficient (Wildman–Crippen LogP) is 5.97. The summed E-state index contributed by atoms with van der Waals surface area (Å²) in [6.07, 6.45) is 7.66. The average molecular weight is 372 g/mol. The first-order chi connectivity index (χ1) is 13.8. The van der Waals surface area contributed by atoms with Crippen LogP contribution in [0.25, 0.3) is 23.2 Å². The van der Waals surface area contributed by atoms with Crippen molar-refractivity contribution in [3.05, 3.63) is 84.1 Å². The number of aryl methyl sites for hydroxylation is 2. The van der Waals surface area contributed by atoms with Gasteiger partial charge in [0.1, 0.15) is 17.3 Å². The van der Waals surface area contributed by atoms with Crippen LogP contribution in [0, 0.1) is 6.92 Å². The Kier molecular flexibility index (Phi) is 5.57. The van der Waals surface area contributed by atoms with Gasteiger partial charge in [0.2, 0.25) is 0 Å². The average Bonchev–Trinajstić information content (AvgIpc) is 3.34. The van der Waals surface area contributed by atoms with E-state index in [1.807, 2.05) is 42.5 Å². The van der Waals surface area contributed by atoms with Gasteiger partial charge in [0.15, 0.2) is 0 Å². The molecule has 0 amide bonds. The minimum absolute atomic E-state index is 0.716. The number of ether oxygens (including phenoxy) is 1. The molecule has 0 fully saturated rings. The van der Waals surface area contributed by atoms with Gasteiger partial charge in [-0.15, -0.1) is 0 Å². The van der Waals surface area contributed by atoms with E-state index >= 15 is 0 Å². The molecular weight excluding hydrogens is 348 g/mol. The molecule has 2 heterocycles. The summed E-state index contributed by atoms with van der Waals surface area (Å²) in [6, 6.07) is 20.3. The minimum atomic E-state index is 0.716. The normalized spacial score (nSPS) is 11.5. The highest BCUT2D eigenvalue weighted by molar-refractivity contribution is 5.79. The van der Waals surface area contributed by atoms with Crippen LogP contribution < -0.4 is 4.74 Å². The number of rotatable bonds is 8. The Labute approximate surface area is 165 Å². The zero-order valence-corrected chi connectivity index (χ0v) is 16.0. The van der Waals surface area contributed by atoms with Gasteiger partial charge in [-0.1, -0.05) is 24.3 Å². The van der Waals surface area contributed by atoms with Crippen LogP contribution >= 0.6 is 0 Å². The molecule has 0 aliphatic carbocycles. The number of imidazole rings is 1. The molecule has 2 aromatic carbocycles. The molecule has 0 bridgehead atoms. The molecule has 0 saturated heterocycles. The van der Waals surface area contributed by atoms with Crippen LogP contribution in [-0.4, -0.2) is 16.2 Å². The maximum Gasteiger partial charge on any atom is 0.133 e. The van der Waals surface area contributed by atoms with Gasteiger partial charge in [0, 0.05) is 6.54 Å². The number of para-hydroxylation sites is 2. The van der Waals surface area contributed by atoms with Crippen LogP contribution in [0.1, 0.15) is 30.0 Å². The lowest BCUT2D eigenvalue weighted by Gasteiger charge is -2.09. The number of benzene rings is 2. The lowest BCUT2D eigenvalue weighted by Crippen LogP contribution is -2.04. The van der Waals surface area contributed by atoms with E-state index in [1.165, 1.54) is 5.56 Å². The van der Waals surface area contributed by atoms with E-state index in [0.717, 1.165) is 47.8 Å². The fourth-order valence-corrected chi connectivity index (χ4v) is 3.27. The second-order valence-corrected chi connectivity index (χ2v) is 6.83. The van der Waals surface area contributed by atoms with Crippen LogP contribution in [-0.2, 0) is 6.54 Å². The van der Waals surface area contributed by atoms with Gasteiger partial charge in [0.25, 0.3) is 0 Å². The highest BCUT2D eigenvalue weighted by Crippen LogP contribution is 2.19. The minimum Gasteiger partial charge on any atom is -0.494 e. The smallest absolute Gasteiger partial charge is 0.133 e. The van der Waals surface area contributed by atoms with Crippen molar-refractivity contribution in [2.45, 2.75) is 26.3 Å². The molecule has 0 unspecified atom stereocenters. The van der Waals surface area contributed by atoms with E-state index in [0.29, 0.717) is 6.61 Å². The molecule has 4 nitrogen and oxygen atoms in total. The Morgan fingerprint density at radius 1 is 1.00 bits per heavy atom. The van der Waals surface area contributed by atoms with Crippen molar-refractivity contribution in [2.75, 3.05) is 6.61 Å². The highest BCUT2D eigenvalue weighted by Gasteiger charge is 2.08. The zero-order valence-electron chi connectivity index (χ0n) is 16.0. The molecule has 0 radical (unpaired) electrons. The first-order valence-corrected chi connectivity index (χ1v) is 9.66. The Morgan fingerprint density at radius 3 is 2.79 bits per heavy atom. The Morgan fingerprint density at radius 2 is 1.93 bits per heavy atom. The molecule has 0 aliphatic heterocycles. The fourth-order valence-electron chi connectivity index (χ4n) is 3.27. The van der Waals surface area contributed by atoms with Crippen LogP contribution in [0.15, 0.2) is 71.3 Å². The molecule has 0 N–H and O–H groups in total. The maximum atomic E-state index is 5.87. The molecule has 4 rings (SSSR count). The number of nitrogens with zero attached hydrogens (tertiary/aromatic N) is 2. The van der Waals surface area contributed by atoms with Crippen molar-refractivity contribution in [2.24, 2.45) is 0 Å². The SMILES string of the molecule is Cc1cccc(OCCCCn2c(/C=C/c3ccco3)nc3ccccc32)c1. The Bertz CT molecular complexity index is 1060. The van der Waals surface area contributed by atoms with Crippen molar-refractivity contribution in [1.82, 2.24) is 9.55 Å². The van der Waals surface area contributed by atoms with Crippen LogP contribution in [0.3, 0.4) is 0 Å². The van der Waals surface area contributed by atoms with E-state index in [1.54, 1.807) is 6.26 Å². The Balaban J connectivity index is 1.41. The molecule has 4 heteroatoms. The molecular formula is C24H24N2O2. The second-order valence-electron chi connectivity index (χ2n) is 6.83. The summed E-state index contributed by atoms with van der Waals surface area (Å²) >= 11 is 0. The highest BCUT2D eigenvalue weighted by atomic mass is 16.5. The van der Waals surface area contributed by atoms with Gasteiger partial charge in [-0.2, -0.15) is 0 Å². The zero-order chi connectivity index (χ0) is 19.2. The van der Waals surface area contributed by atoms with Crippen molar-refractivity contribution >= 4 is 23.2 Å². The number of hydrogen-bond acceptors (Lipinski definition) is 3. The topological polar surface area (TPSA) is 40.2 Å². The van der Waals surface area contributed by atoms with Gasteiger partial charge in [-0.05, 0) is 73.9 Å². The third-order valence-corrected chi connectivity index (χ3v) is 4.66. The molecule has 0 saturated carbocycles. The van der Waals surface area contributed by atoms with Gasteiger partial charge >= 0.3 is 0 Å². The van der Waals surface area contributed by atoms with E-state index in [4.69, 9.17) is 14.1 Å². The number of aromatic nitrogens is 2. The number of furan rings is 1. The van der Waals surface area contributed by atoms with Crippen molar-refractivity contribution in [3.8, 4) is 5.75 Å². The van der Waals surface area contributed by atoms with Gasteiger partial charge in [0.05, 0.1) is 23.9 Å². The largest absolute Gasteiger partial charge is 0.494 e. The first-order valence-electron chi connectivity index (χ1n) is 9.66. The standard InChI is InChI=1S/C24H24N2O2/c1-19-8-6-9-21(18-19)28-16-5-4-15-26-23-12-3-2-11-22(23)25-24(26)14-13-20-10-7-17-27-20/h2-3,6-14,17-18H,4-5,15-16H2,1H3/b14-13+. The van der Waals surface area contributed by atoms with E-state index in [-0.39, 0.29) is 0 Å². The van der Waals surface area contributed by atoms with Crippen molar-refractivity contribution < 1.29 is 9.15 Å². The van der Waals surface area contributed by atoms with Crippen LogP contribution in [0.4, 0.5) is 0 Å². The summed E-state index contributed by atoms with van der Waals surface area (Å²) in [6.45, 7) is 3.69. The molecule has 0 atom stereocenters. The first kappa shape index (κ1) is 18.1. The summed E-state index contributed by atoms with van der Waals surface area (Å²) in [7, 11) is 0. The molecule has 0 aliphatic rings. The van der Waals surface area contributed by atoms with Crippen LogP contribution in [0.5, 0.6) is 5.75 Å². The fraction of sp³-hybridized carbons (Fsp3) is 0.208. The predicted molar refractivity (Wildman–Crippen MR) is 113 cm³/mol. The molecule has 142 valence electrons. The summed E-state index contributed by atoms with van der Waals surface area (Å²) in [5.74, 6) is 2.71. The summed E-state index contributed by atoms with van der Waals surface area (Å²) < 4.78 is 13.5. The number of fused-ring (bicyclic) bond motifs is 1. The number of unbranched alkanes of at least 4 members (excludes halogenated alkanes) is 1. The quantitative estimate of drug-likeness (QED) is 0.358. The number of hydrogen-bond donors (Lipinski definition) is 0. The van der Waals surface area contributed by atoms with Gasteiger partial charge < -0.3 is 13.7 Å². The summed E-state index contributed by atoms with van der Waals surface area (Å²) in [5, 5.41) is 0. The molecule has 28 heavy (non-hydrogen) atoms. The third kappa shape index (κ3) is 4.34. The van der Waals surface area contributed by atoms with E-state index in [9.17, 15) is 0 Å². The van der Waals surface area contributed by atoms with Gasteiger partial charge in [-0.3, -0.25) is 0 Å². The summed E-state index contributed by atoms with van der Waals surface area (Å²) in [5.41, 5.74) is 3.38. The summed E-state index contributed by atoms with van der Waals surface area (Å²) in [4.78, 5) is 4.77. The lowest BCUT2D eigenvalue weighted by atomic mass is 10.2.